The van der Waals surface area contributed by atoms with E-state index in [1.54, 1.807) is 18.2 Å². The van der Waals surface area contributed by atoms with Crippen LogP contribution < -0.4 is 15.6 Å². The minimum absolute atomic E-state index is 0.211. The normalized spacial score (nSPS) is 12.0. The third kappa shape index (κ3) is 4.93. The molecule has 1 unspecified atom stereocenters. The zero-order chi connectivity index (χ0) is 23.5. The predicted octanol–water partition coefficient (Wildman–Crippen LogP) is 6.13. The van der Waals surface area contributed by atoms with E-state index in [0.717, 1.165) is 16.0 Å². The first kappa shape index (κ1) is 23.4. The molecule has 2 aromatic carbocycles. The molecular weight excluding hydrogens is 478 g/mol. The number of benzene rings is 2. The van der Waals surface area contributed by atoms with Gasteiger partial charge in [0.15, 0.2) is 5.16 Å². The average molecular weight is 500 g/mol. The minimum atomic E-state index is -0.469. The first-order valence-corrected chi connectivity index (χ1v) is 12.4. The van der Waals surface area contributed by atoms with Gasteiger partial charge in [0, 0.05) is 15.5 Å². The van der Waals surface area contributed by atoms with Gasteiger partial charge in [-0.1, -0.05) is 60.6 Å². The standard InChI is InChI=1S/C24H22ClN3O3S2/c1-4-18(21(29)26-16-12-15(25)10-11-17(16)31-3)33-24-27-22(30)20-19(13(2)32-23(20)28-24)14-8-6-5-7-9-14/h5-12,18H,4H2,1-3H3,(H,26,29)(H,27,28,30). The number of anilines is 1. The summed E-state index contributed by atoms with van der Waals surface area (Å²) in [6.45, 7) is 3.90. The van der Waals surface area contributed by atoms with Crippen molar-refractivity contribution in [3.8, 4) is 16.9 Å². The Bertz CT molecular complexity index is 1370. The van der Waals surface area contributed by atoms with Gasteiger partial charge in [0.2, 0.25) is 5.91 Å². The van der Waals surface area contributed by atoms with E-state index >= 15 is 0 Å². The number of nitrogens with zero attached hydrogens (tertiary/aromatic N) is 1. The summed E-state index contributed by atoms with van der Waals surface area (Å²) in [4.78, 5) is 35.2. The fraction of sp³-hybridized carbons (Fsp3) is 0.208. The lowest BCUT2D eigenvalue weighted by molar-refractivity contribution is -0.115. The third-order valence-corrected chi connectivity index (χ3v) is 7.60. The van der Waals surface area contributed by atoms with Crippen LogP contribution in [0.2, 0.25) is 5.02 Å². The molecule has 0 bridgehead atoms. The van der Waals surface area contributed by atoms with Crippen molar-refractivity contribution in [2.24, 2.45) is 0 Å². The Morgan fingerprint density at radius 1 is 1.27 bits per heavy atom. The van der Waals surface area contributed by atoms with Gasteiger partial charge in [0.05, 0.1) is 23.4 Å². The molecular formula is C24H22ClN3O3S2. The molecule has 9 heteroatoms. The van der Waals surface area contributed by atoms with Crippen LogP contribution in [0.15, 0.2) is 58.5 Å². The molecule has 4 aromatic rings. The van der Waals surface area contributed by atoms with Crippen LogP contribution >= 0.6 is 34.7 Å². The second-order valence-electron chi connectivity index (χ2n) is 7.30. The number of methoxy groups -OCH3 is 1. The fourth-order valence-corrected chi connectivity index (χ4v) is 5.73. The fourth-order valence-electron chi connectivity index (χ4n) is 3.56. The highest BCUT2D eigenvalue weighted by Crippen LogP contribution is 2.36. The lowest BCUT2D eigenvalue weighted by Gasteiger charge is -2.16. The number of rotatable bonds is 7. The molecule has 170 valence electrons. The largest absolute Gasteiger partial charge is 0.495 e. The van der Waals surface area contributed by atoms with Crippen LogP contribution in [0, 0.1) is 6.92 Å². The molecule has 33 heavy (non-hydrogen) atoms. The average Bonchev–Trinajstić information content (AvgIpc) is 3.14. The summed E-state index contributed by atoms with van der Waals surface area (Å²) in [6, 6.07) is 14.8. The molecule has 0 saturated carbocycles. The van der Waals surface area contributed by atoms with Gasteiger partial charge in [-0.25, -0.2) is 4.98 Å². The molecule has 1 atom stereocenters. The van der Waals surface area contributed by atoms with Crippen molar-refractivity contribution in [2.75, 3.05) is 12.4 Å². The lowest BCUT2D eigenvalue weighted by atomic mass is 10.0. The number of aromatic amines is 1. The number of aryl methyl sites for hydroxylation is 1. The molecule has 0 fully saturated rings. The van der Waals surface area contributed by atoms with Crippen molar-refractivity contribution in [2.45, 2.75) is 30.7 Å². The molecule has 2 heterocycles. The van der Waals surface area contributed by atoms with Crippen molar-refractivity contribution in [1.82, 2.24) is 9.97 Å². The first-order chi connectivity index (χ1) is 15.9. The lowest BCUT2D eigenvalue weighted by Crippen LogP contribution is -2.25. The maximum Gasteiger partial charge on any atom is 0.260 e. The molecule has 6 nitrogen and oxygen atoms in total. The number of hydrogen-bond acceptors (Lipinski definition) is 6. The molecule has 4 rings (SSSR count). The van der Waals surface area contributed by atoms with Gasteiger partial charge in [-0.3, -0.25) is 9.59 Å². The maximum atomic E-state index is 13.0. The number of carbonyl (C=O) groups is 1. The van der Waals surface area contributed by atoms with Crippen LogP contribution in [0.1, 0.15) is 18.2 Å². The molecule has 2 N–H and O–H groups in total. The third-order valence-electron chi connectivity index (χ3n) is 5.12. The Kier molecular flexibility index (Phi) is 7.07. The Labute approximate surface area is 204 Å². The van der Waals surface area contributed by atoms with E-state index in [4.69, 9.17) is 16.3 Å². The first-order valence-electron chi connectivity index (χ1n) is 10.3. The predicted molar refractivity (Wildman–Crippen MR) is 137 cm³/mol. The summed E-state index contributed by atoms with van der Waals surface area (Å²) in [5.41, 5.74) is 2.17. The van der Waals surface area contributed by atoms with Crippen molar-refractivity contribution >= 4 is 56.5 Å². The Balaban J connectivity index is 1.62. The summed E-state index contributed by atoms with van der Waals surface area (Å²) in [7, 11) is 1.53. The Hall–Kier alpha value is -2.81. The molecule has 0 aliphatic heterocycles. The van der Waals surface area contributed by atoms with Crippen LogP contribution in [0.25, 0.3) is 21.3 Å². The van der Waals surface area contributed by atoms with Gasteiger partial charge in [-0.15, -0.1) is 11.3 Å². The van der Waals surface area contributed by atoms with E-state index in [1.165, 1.54) is 30.2 Å². The van der Waals surface area contributed by atoms with Gasteiger partial charge < -0.3 is 15.0 Å². The van der Waals surface area contributed by atoms with E-state index in [9.17, 15) is 9.59 Å². The zero-order valence-corrected chi connectivity index (χ0v) is 20.7. The van der Waals surface area contributed by atoms with E-state index < -0.39 is 5.25 Å². The number of hydrogen-bond donors (Lipinski definition) is 2. The molecule has 0 aliphatic rings. The van der Waals surface area contributed by atoms with E-state index in [-0.39, 0.29) is 11.5 Å². The van der Waals surface area contributed by atoms with E-state index in [0.29, 0.717) is 38.3 Å². The van der Waals surface area contributed by atoms with Crippen molar-refractivity contribution in [1.29, 1.82) is 0 Å². The number of carbonyl (C=O) groups excluding carboxylic acids is 1. The molecule has 0 radical (unpaired) electrons. The number of amides is 1. The number of fused-ring (bicyclic) bond motifs is 1. The monoisotopic (exact) mass is 499 g/mol. The minimum Gasteiger partial charge on any atom is -0.495 e. The molecule has 0 spiro atoms. The van der Waals surface area contributed by atoms with Crippen LogP contribution in [-0.2, 0) is 4.79 Å². The molecule has 1 amide bonds. The van der Waals surface area contributed by atoms with Gasteiger partial charge in [0.1, 0.15) is 10.6 Å². The number of aromatic nitrogens is 2. The van der Waals surface area contributed by atoms with E-state index in [1.807, 2.05) is 44.2 Å². The van der Waals surface area contributed by atoms with Crippen LogP contribution in [0.5, 0.6) is 5.75 Å². The van der Waals surface area contributed by atoms with E-state index in [2.05, 4.69) is 15.3 Å². The number of nitrogens with one attached hydrogen (secondary N) is 2. The number of halogens is 1. The van der Waals surface area contributed by atoms with Crippen molar-refractivity contribution < 1.29 is 9.53 Å². The van der Waals surface area contributed by atoms with Crippen LogP contribution in [0.3, 0.4) is 0 Å². The summed E-state index contributed by atoms with van der Waals surface area (Å²) in [6.07, 6.45) is 0.542. The summed E-state index contributed by atoms with van der Waals surface area (Å²) >= 11 is 8.78. The van der Waals surface area contributed by atoms with Crippen molar-refractivity contribution in [3.05, 3.63) is 68.8 Å². The number of H-pyrrole nitrogens is 1. The van der Waals surface area contributed by atoms with Gasteiger partial charge >= 0.3 is 0 Å². The molecule has 2 aromatic heterocycles. The topological polar surface area (TPSA) is 84.1 Å². The second kappa shape index (κ2) is 9.99. The number of thioether (sulfide) groups is 1. The Morgan fingerprint density at radius 3 is 2.73 bits per heavy atom. The molecule has 0 aliphatic carbocycles. The highest BCUT2D eigenvalue weighted by molar-refractivity contribution is 8.00. The van der Waals surface area contributed by atoms with Crippen LogP contribution in [-0.4, -0.2) is 28.2 Å². The summed E-state index contributed by atoms with van der Waals surface area (Å²) in [5, 5.41) is 3.88. The van der Waals surface area contributed by atoms with Crippen LogP contribution in [0.4, 0.5) is 5.69 Å². The highest BCUT2D eigenvalue weighted by Gasteiger charge is 2.23. The number of ether oxygens (including phenoxy) is 1. The summed E-state index contributed by atoms with van der Waals surface area (Å²) in [5.74, 6) is 0.293. The SMILES string of the molecule is CCC(Sc1nc2sc(C)c(-c3ccccc3)c2c(=O)[nH]1)C(=O)Nc1cc(Cl)ccc1OC. The smallest absolute Gasteiger partial charge is 0.260 e. The van der Waals surface area contributed by atoms with Crippen molar-refractivity contribution in [3.63, 3.8) is 0 Å². The second-order valence-corrected chi connectivity index (χ2v) is 10.1. The maximum absolute atomic E-state index is 13.0. The van der Waals surface area contributed by atoms with Gasteiger partial charge in [-0.2, -0.15) is 0 Å². The number of thiophene rings is 1. The quantitative estimate of drug-likeness (QED) is 0.236. The highest BCUT2D eigenvalue weighted by atomic mass is 35.5. The summed E-state index contributed by atoms with van der Waals surface area (Å²) < 4.78 is 5.31. The zero-order valence-electron chi connectivity index (χ0n) is 18.3. The van der Waals surface area contributed by atoms with Gasteiger partial charge in [0.25, 0.3) is 5.56 Å². The molecule has 0 saturated heterocycles. The Morgan fingerprint density at radius 2 is 2.03 bits per heavy atom. The van der Waals surface area contributed by atoms with Gasteiger partial charge in [-0.05, 0) is 37.1 Å².